The number of hydrogen-bond acceptors (Lipinski definition) is 21. The smallest absolute Gasteiger partial charge is 0.419 e. The van der Waals surface area contributed by atoms with E-state index in [4.69, 9.17) is 102 Å². The molecule has 746 valence electrons. The molecule has 0 radical (unpaired) electrons. The van der Waals surface area contributed by atoms with Crippen molar-refractivity contribution in [3.63, 3.8) is 0 Å². The third kappa shape index (κ3) is 40.5. The van der Waals surface area contributed by atoms with Gasteiger partial charge in [0.15, 0.2) is 11.6 Å². The minimum atomic E-state index is -1.15. The second kappa shape index (κ2) is 54.9. The van der Waals surface area contributed by atoms with Crippen LogP contribution < -0.4 is 21.7 Å². The molecule has 11 rings (SSSR count). The largest absolute Gasteiger partial charge is 0.477 e. The first-order valence-corrected chi connectivity index (χ1v) is 46.7. The fourth-order valence-electron chi connectivity index (χ4n) is 14.3. The number of aliphatic hydroxyl groups excluding tert-OH is 1. The van der Waals surface area contributed by atoms with E-state index in [0.29, 0.717) is 97.5 Å². The number of benzene rings is 4. The lowest BCUT2D eigenvalue weighted by Gasteiger charge is -2.25. The van der Waals surface area contributed by atoms with Crippen molar-refractivity contribution >= 4 is 130 Å². The molecule has 3 atom stereocenters. The molecule has 0 unspecified atom stereocenters. The van der Waals surface area contributed by atoms with Gasteiger partial charge in [-0.1, -0.05) is 90.8 Å². The maximum atomic E-state index is 13.6. The minimum absolute atomic E-state index is 0. The van der Waals surface area contributed by atoms with Crippen LogP contribution in [0.3, 0.4) is 0 Å². The Balaban J connectivity index is 0.000000360. The van der Waals surface area contributed by atoms with Gasteiger partial charge in [0.2, 0.25) is 0 Å². The Bertz CT molecular complexity index is 5330. The zero-order valence-corrected chi connectivity index (χ0v) is 84.8. The van der Waals surface area contributed by atoms with E-state index in [1.807, 2.05) is 100 Å². The number of aromatic nitrogens is 4. The number of ketones is 3. The Morgan fingerprint density at radius 1 is 0.456 bits per heavy atom. The lowest BCUT2D eigenvalue weighted by molar-refractivity contribution is -0.123. The predicted molar refractivity (Wildman–Crippen MR) is 529 cm³/mol. The van der Waals surface area contributed by atoms with Crippen molar-refractivity contribution in [3.8, 4) is 0 Å². The highest BCUT2D eigenvalue weighted by Crippen LogP contribution is 2.30. The van der Waals surface area contributed by atoms with Crippen LogP contribution in [0.25, 0.3) is 0 Å². The standard InChI is InChI=1S/C30H40ClN3O6.C20H24ClN3O2.C19H27ClN2O3.C18H21NO4.C11H15NO4.CH2Cl2.CH4O.CH4/c1-19-15-24(34(18-19)28(38)40-30(5,6)7)26(36)33-14-8-9-23(33)25(35)13-11-20-16-22(31)12-10-21(20)17-32-27(37)39-29(2,3)4;1-13-9-17(23-12-13)20(26)24-8-2-3-18(24)19(25)7-5-14-10-16(21)6-4-15(14)11-22;1-19(2,3)25-18(24)22-12-14-6-8-15(20)11-13(14)7-9-17(23)16-5-4-10-21-16;1-13-10-15(19(11-13)17(21)23-18(2,3)4)16(20)22-12-14-8-6-5-7-9-14;1-7-5-8(9(13)14)12(6-7)10(15)16-11(2,3)4;2-1-3;1-2;/h10,12,15-16,18,23H,8-9,11,13-14,17H2,1-7H3,(H,32,37);4,6,9-10,12,18,23H,2-3,5,7-8,11,22H2,1H3;6,8,11,16,21H,4-5,7,9-10,12H2,1-3H3,(H,22,24);5-11H,12H2,1-4H3;5-6H,1-4H3,(H,13,14);1H2;2H,1H3;1H4/t23-;18-;16-;;;;;/m000...../s1. The summed E-state index contributed by atoms with van der Waals surface area (Å²) < 4.78 is 35.1. The van der Waals surface area contributed by atoms with Gasteiger partial charge in [0, 0.05) is 99.0 Å². The van der Waals surface area contributed by atoms with Gasteiger partial charge in [-0.15, -0.1) is 23.2 Å². The highest BCUT2D eigenvalue weighted by molar-refractivity contribution is 6.40. The van der Waals surface area contributed by atoms with Crippen LogP contribution in [-0.4, -0.2) is 188 Å². The SMILES string of the molecule is C.CC(C)(C)OC(=O)NCc1ccc(Cl)cc1CCC(=O)[C@@H]1CCCN1.CO.Cc1c[nH]c(C(=O)N2CCC[C@H]2C(=O)CCc2cc(Cl)ccc2CN)c1.Cc1cc(C(=O)N2CCC[C@H]2C(=O)CCc2cc(Cl)ccc2CNC(=O)OC(C)(C)C)n(C(=O)OC(C)(C)C)c1.Cc1cc(C(=O)O)n(C(=O)OC(C)(C)C)c1.Cc1cc(C(=O)OCc2ccccc2)n(C(=O)OC(C)(C)C)c1.ClCCl. The van der Waals surface area contributed by atoms with E-state index in [0.717, 1.165) is 99.5 Å². The van der Waals surface area contributed by atoms with E-state index in [9.17, 15) is 57.5 Å². The number of aromatic amines is 1. The molecule has 4 aromatic carbocycles. The molecule has 3 aliphatic heterocycles. The molecule has 0 aliphatic carbocycles. The minimum Gasteiger partial charge on any atom is -0.477 e. The number of likely N-dealkylation sites (tertiary alicyclic amines) is 2. The molecule has 0 spiro atoms. The number of ether oxygens (including phenoxy) is 6. The monoisotopic (exact) mass is 1980 g/mol. The summed E-state index contributed by atoms with van der Waals surface area (Å²) in [5.41, 5.74) is 13.1. The molecule has 4 aromatic heterocycles. The molecular weight excluding hydrogens is 1850 g/mol. The summed E-state index contributed by atoms with van der Waals surface area (Å²) in [6.07, 6.45) is 10.9. The number of Topliss-reactive ketones (excluding diaryl/α,β-unsaturated/α-hetero) is 3. The normalized spacial score (nSPS) is 14.4. The first-order valence-electron chi connectivity index (χ1n) is 44.5. The predicted octanol–water partition coefficient (Wildman–Crippen LogP) is 20.8. The summed E-state index contributed by atoms with van der Waals surface area (Å²) in [6.45, 7) is 37.0. The molecule has 7 heterocycles. The number of alkyl halides is 2. The highest BCUT2D eigenvalue weighted by atomic mass is 35.5. The summed E-state index contributed by atoms with van der Waals surface area (Å²) in [4.78, 5) is 155. The fourth-order valence-corrected chi connectivity index (χ4v) is 14.9. The van der Waals surface area contributed by atoms with Gasteiger partial charge in [-0.25, -0.2) is 47.3 Å². The maximum Gasteiger partial charge on any atom is 0.419 e. The number of rotatable bonds is 23. The van der Waals surface area contributed by atoms with Gasteiger partial charge in [-0.05, 0) is 318 Å². The van der Waals surface area contributed by atoms with Gasteiger partial charge < -0.3 is 75.1 Å². The van der Waals surface area contributed by atoms with Crippen molar-refractivity contribution in [2.45, 2.75) is 288 Å². The van der Waals surface area contributed by atoms with Crippen molar-refractivity contribution in [2.75, 3.05) is 32.1 Å². The Kier molecular flexibility index (Phi) is 47.5. The molecule has 35 heteroatoms. The lowest BCUT2D eigenvalue weighted by atomic mass is 9.98. The number of aromatic carboxylic acids is 1. The molecule has 3 fully saturated rings. The number of aryl methyl sites for hydroxylation is 7. The van der Waals surface area contributed by atoms with Gasteiger partial charge in [0.1, 0.15) is 63.2 Å². The Morgan fingerprint density at radius 3 is 1.21 bits per heavy atom. The number of nitrogens with two attached hydrogens (primary N) is 1. The number of aliphatic hydroxyl groups is 1. The second-order valence-electron chi connectivity index (χ2n) is 37.3. The number of nitrogens with zero attached hydrogens (tertiary/aromatic N) is 5. The third-order valence-electron chi connectivity index (χ3n) is 20.1. The van der Waals surface area contributed by atoms with E-state index >= 15 is 0 Å². The molecule has 3 aliphatic rings. The van der Waals surface area contributed by atoms with Crippen LogP contribution in [0, 0.1) is 27.7 Å². The van der Waals surface area contributed by atoms with Gasteiger partial charge in [0.25, 0.3) is 11.8 Å². The van der Waals surface area contributed by atoms with Crippen LogP contribution in [0.4, 0.5) is 24.0 Å². The van der Waals surface area contributed by atoms with E-state index in [1.165, 1.54) is 21.4 Å². The number of amides is 4. The van der Waals surface area contributed by atoms with E-state index in [1.54, 1.807) is 163 Å². The summed E-state index contributed by atoms with van der Waals surface area (Å²) in [7, 11) is 1.00. The second-order valence-corrected chi connectivity index (χ2v) is 39.5. The average Bonchev–Trinajstić information content (AvgIpc) is 1.64. The Hall–Kier alpha value is -10.8. The van der Waals surface area contributed by atoms with Gasteiger partial charge >= 0.3 is 42.4 Å². The van der Waals surface area contributed by atoms with Crippen LogP contribution in [0.1, 0.15) is 272 Å². The first-order chi connectivity index (χ1) is 63.1. The Morgan fingerprint density at radius 2 is 0.831 bits per heavy atom. The number of H-pyrrole nitrogens is 1. The number of halogens is 5. The van der Waals surface area contributed by atoms with Crippen LogP contribution in [-0.2, 0) is 88.3 Å². The third-order valence-corrected chi connectivity index (χ3v) is 20.8. The molecule has 30 nitrogen and oxygen atoms in total. The van der Waals surface area contributed by atoms with Crippen molar-refractivity contribution in [3.05, 3.63) is 233 Å². The van der Waals surface area contributed by atoms with Crippen LogP contribution in [0.2, 0.25) is 15.1 Å². The van der Waals surface area contributed by atoms with Crippen molar-refractivity contribution in [1.29, 1.82) is 0 Å². The zero-order valence-electron chi connectivity index (χ0n) is 81.0. The topological polar surface area (TPSA) is 400 Å². The molecule has 4 amide bonds. The number of alkyl carbamates (subject to hydrolysis) is 2. The van der Waals surface area contributed by atoms with Gasteiger partial charge in [-0.3, -0.25) is 24.0 Å². The average molecular weight is 1990 g/mol. The van der Waals surface area contributed by atoms with Crippen LogP contribution in [0.5, 0.6) is 0 Å². The number of carboxylic acid groups (broad SMARTS) is 1. The number of carbonyl (C=O) groups is 12. The fraction of sp³-hybridized carbons (Fsp3) is 0.485. The molecule has 0 bridgehead atoms. The molecule has 8 N–H and O–H groups in total. The summed E-state index contributed by atoms with van der Waals surface area (Å²) in [5.74, 6) is -1.92. The van der Waals surface area contributed by atoms with Crippen molar-refractivity contribution in [2.24, 2.45) is 5.73 Å². The van der Waals surface area contributed by atoms with E-state index in [2.05, 4.69) is 20.9 Å². The number of hydrogen-bond donors (Lipinski definition) is 7. The molecule has 8 aromatic rings. The van der Waals surface area contributed by atoms with Crippen molar-refractivity contribution in [1.82, 2.24) is 44.4 Å². The van der Waals surface area contributed by atoms with Crippen LogP contribution >= 0.6 is 58.0 Å². The molecule has 3 saturated heterocycles. The van der Waals surface area contributed by atoms with E-state index in [-0.39, 0.29) is 90.7 Å². The number of esters is 1. The maximum absolute atomic E-state index is 13.6. The van der Waals surface area contributed by atoms with E-state index < -0.39 is 76.5 Å². The quantitative estimate of drug-likeness (QED) is 0.0178. The summed E-state index contributed by atoms with van der Waals surface area (Å²) >= 11 is 27.9. The summed E-state index contributed by atoms with van der Waals surface area (Å²) in [5, 5.41) is 26.6. The van der Waals surface area contributed by atoms with Crippen LogP contribution in [0.15, 0.2) is 134 Å². The number of nitrogens with one attached hydrogen (secondary N) is 4. The lowest BCUT2D eigenvalue weighted by Crippen LogP contribution is -2.42. The van der Waals surface area contributed by atoms with Gasteiger partial charge in [-0.2, -0.15) is 0 Å². The molecule has 136 heavy (non-hydrogen) atoms. The summed E-state index contributed by atoms with van der Waals surface area (Å²) in [6, 6.07) is 31.4. The molecular formula is C101H137Cl5N10O20. The number of carbonyl (C=O) groups excluding carboxylic acids is 11. The number of carboxylic acids is 1. The molecule has 0 saturated carbocycles. The Labute approximate surface area is 824 Å². The highest BCUT2D eigenvalue weighted by Gasteiger charge is 2.38. The zero-order chi connectivity index (χ0) is 101. The first kappa shape index (κ1) is 117. The van der Waals surface area contributed by atoms with Gasteiger partial charge in [0.05, 0.1) is 23.5 Å². The van der Waals surface area contributed by atoms with Crippen molar-refractivity contribution < 1.29 is 96.2 Å².